The van der Waals surface area contributed by atoms with Gasteiger partial charge in [0.1, 0.15) is 28.7 Å². The minimum absolute atomic E-state index is 0.0258. The Labute approximate surface area is 230 Å². The van der Waals surface area contributed by atoms with E-state index in [1.165, 1.54) is 36.4 Å². The lowest BCUT2D eigenvalue weighted by molar-refractivity contribution is -0.121. The largest absolute Gasteiger partial charge is 0.496 e. The quantitative estimate of drug-likeness (QED) is 0.406. The number of aromatic nitrogens is 1. The molecule has 206 valence electrons. The number of ether oxygens (including phenoxy) is 2. The molecule has 1 aromatic heterocycles. The summed E-state index contributed by atoms with van der Waals surface area (Å²) in [6.45, 7) is 7.58. The van der Waals surface area contributed by atoms with Crippen LogP contribution in [0.1, 0.15) is 27.7 Å². The number of hydrogen-bond acceptors (Lipinski definition) is 6. The molecule has 3 aromatic rings. The molecule has 2 aliphatic rings. The molecule has 2 atom stereocenters. The second kappa shape index (κ2) is 9.51. The summed E-state index contributed by atoms with van der Waals surface area (Å²) in [6, 6.07) is 4.68. The molecule has 2 aromatic carbocycles. The van der Waals surface area contributed by atoms with E-state index in [1.807, 2.05) is 11.8 Å². The zero-order valence-corrected chi connectivity index (χ0v) is 23.3. The highest BCUT2D eigenvalue weighted by Crippen LogP contribution is 2.47. The van der Waals surface area contributed by atoms with E-state index in [1.54, 1.807) is 38.8 Å². The number of nitrogens with zero attached hydrogens (tertiary/aromatic N) is 4. The molecule has 2 amide bonds. The van der Waals surface area contributed by atoms with Gasteiger partial charge < -0.3 is 24.2 Å². The molecule has 0 spiro atoms. The number of anilines is 2. The van der Waals surface area contributed by atoms with Crippen molar-refractivity contribution in [2.24, 2.45) is 0 Å². The summed E-state index contributed by atoms with van der Waals surface area (Å²) in [4.78, 5) is 35.5. The van der Waals surface area contributed by atoms with Crippen molar-refractivity contribution in [2.75, 3.05) is 37.0 Å². The lowest BCUT2D eigenvalue weighted by Crippen LogP contribution is -2.66. The van der Waals surface area contributed by atoms with Crippen molar-refractivity contribution in [3.63, 3.8) is 0 Å². The predicted octanol–water partition coefficient (Wildman–Crippen LogP) is 5.63. The molecule has 2 aliphatic heterocycles. The Morgan fingerprint density at radius 2 is 1.90 bits per heavy atom. The van der Waals surface area contributed by atoms with Gasteiger partial charge in [0, 0.05) is 30.6 Å². The monoisotopic (exact) mass is 558 g/mol. The molecule has 1 saturated heterocycles. The van der Waals surface area contributed by atoms with Crippen LogP contribution in [-0.2, 0) is 9.53 Å². The first-order valence-corrected chi connectivity index (χ1v) is 12.9. The van der Waals surface area contributed by atoms with Crippen LogP contribution in [-0.4, -0.2) is 66.8 Å². The van der Waals surface area contributed by atoms with Gasteiger partial charge in [-0.3, -0.25) is 9.78 Å². The highest BCUT2D eigenvalue weighted by atomic mass is 35.5. The number of rotatable bonds is 2. The van der Waals surface area contributed by atoms with E-state index in [9.17, 15) is 14.0 Å². The fourth-order valence-corrected chi connectivity index (χ4v) is 5.57. The van der Waals surface area contributed by atoms with Crippen LogP contribution in [0.4, 0.5) is 25.0 Å². The summed E-state index contributed by atoms with van der Waals surface area (Å²) in [5.74, 6) is -1.60. The van der Waals surface area contributed by atoms with Gasteiger partial charge in [-0.15, -0.1) is 0 Å². The van der Waals surface area contributed by atoms with Gasteiger partial charge >= 0.3 is 6.09 Å². The molecular weight excluding hydrogens is 530 g/mol. The minimum Gasteiger partial charge on any atom is -0.496 e. The third-order valence-corrected chi connectivity index (χ3v) is 7.38. The van der Waals surface area contributed by atoms with Gasteiger partial charge in [-0.25, -0.2) is 13.6 Å². The molecular formula is C28H29ClF2N4O4. The smallest absolute Gasteiger partial charge is 0.410 e. The van der Waals surface area contributed by atoms with Crippen LogP contribution in [0, 0.1) is 11.6 Å². The average molecular weight is 559 g/mol. The number of halogens is 3. The van der Waals surface area contributed by atoms with E-state index in [-0.39, 0.29) is 52.5 Å². The van der Waals surface area contributed by atoms with Crippen LogP contribution in [0.15, 0.2) is 30.5 Å². The van der Waals surface area contributed by atoms with E-state index in [2.05, 4.69) is 4.98 Å². The Hall–Kier alpha value is -3.66. The first-order valence-electron chi connectivity index (χ1n) is 12.5. The van der Waals surface area contributed by atoms with E-state index in [0.717, 1.165) is 0 Å². The number of fused-ring (bicyclic) bond motifs is 5. The second-order valence-corrected chi connectivity index (χ2v) is 11.2. The highest BCUT2D eigenvalue weighted by molar-refractivity contribution is 6.34. The molecule has 0 unspecified atom stereocenters. The third kappa shape index (κ3) is 4.40. The van der Waals surface area contributed by atoms with Crippen molar-refractivity contribution in [1.29, 1.82) is 0 Å². The van der Waals surface area contributed by atoms with Gasteiger partial charge in [-0.05, 0) is 45.9 Å². The summed E-state index contributed by atoms with van der Waals surface area (Å²) in [5, 5.41) is 0.339. The second-order valence-electron chi connectivity index (χ2n) is 10.8. The number of amides is 2. The maximum Gasteiger partial charge on any atom is 0.410 e. The van der Waals surface area contributed by atoms with Crippen molar-refractivity contribution in [3.8, 4) is 16.9 Å². The van der Waals surface area contributed by atoms with Crippen LogP contribution >= 0.6 is 11.6 Å². The molecule has 39 heavy (non-hydrogen) atoms. The lowest BCUT2D eigenvalue weighted by atomic mass is 9.96. The molecule has 3 heterocycles. The average Bonchev–Trinajstić information content (AvgIpc) is 2.86. The van der Waals surface area contributed by atoms with E-state index < -0.39 is 29.4 Å². The fraction of sp³-hybridized carbons (Fsp3) is 0.393. The SMILES string of the molecule is COc1cccc(F)c1-c1c(Cl)cc2c3c(cnc2c1F)N(C)C(=O)[C@H]1CN(C(=O)OC(C)(C)C)[C@H](C)CN31. The van der Waals surface area contributed by atoms with Gasteiger partial charge in [0.25, 0.3) is 5.91 Å². The van der Waals surface area contributed by atoms with Crippen LogP contribution in [0.25, 0.3) is 22.0 Å². The van der Waals surface area contributed by atoms with Gasteiger partial charge in [0.05, 0.1) is 41.8 Å². The summed E-state index contributed by atoms with van der Waals surface area (Å²) in [7, 11) is 2.98. The molecule has 0 bridgehead atoms. The molecule has 0 aliphatic carbocycles. The number of carbonyl (C=O) groups excluding carboxylic acids is 2. The molecule has 0 saturated carbocycles. The van der Waals surface area contributed by atoms with E-state index >= 15 is 4.39 Å². The standard InChI is InChI=1S/C28H29ClF2N4O4/c1-14-12-35-19(13-34(14)27(37)39-28(2,3)4)26(36)33(5)18-11-32-24-15(25(18)35)10-16(29)21(23(24)31)22-17(30)8-7-9-20(22)38-6/h7-11,14,19H,12-13H2,1-6H3/t14-,19-/m1/s1. The molecule has 1 fully saturated rings. The summed E-state index contributed by atoms with van der Waals surface area (Å²) >= 11 is 6.62. The molecule has 5 rings (SSSR count). The van der Waals surface area contributed by atoms with Crippen LogP contribution < -0.4 is 14.5 Å². The van der Waals surface area contributed by atoms with Gasteiger partial charge in [-0.2, -0.15) is 0 Å². The minimum atomic E-state index is -0.805. The highest BCUT2D eigenvalue weighted by Gasteiger charge is 2.45. The predicted molar refractivity (Wildman–Crippen MR) is 146 cm³/mol. The van der Waals surface area contributed by atoms with E-state index in [4.69, 9.17) is 21.1 Å². The van der Waals surface area contributed by atoms with Crippen molar-refractivity contribution in [2.45, 2.75) is 45.4 Å². The molecule has 11 heteroatoms. The Bertz CT molecular complexity index is 1510. The number of carbonyl (C=O) groups is 2. The number of hydrogen-bond donors (Lipinski definition) is 0. The van der Waals surface area contributed by atoms with Crippen molar-refractivity contribution >= 4 is 45.9 Å². The van der Waals surface area contributed by atoms with Crippen LogP contribution in [0.5, 0.6) is 5.75 Å². The van der Waals surface area contributed by atoms with Crippen LogP contribution in [0.3, 0.4) is 0 Å². The van der Waals surface area contributed by atoms with Crippen molar-refractivity contribution in [3.05, 3.63) is 47.1 Å². The van der Waals surface area contributed by atoms with Crippen LogP contribution in [0.2, 0.25) is 5.02 Å². The molecule has 8 nitrogen and oxygen atoms in total. The molecule has 0 radical (unpaired) electrons. The van der Waals surface area contributed by atoms with Gasteiger partial charge in [0.2, 0.25) is 0 Å². The first-order chi connectivity index (χ1) is 18.3. The van der Waals surface area contributed by atoms with Gasteiger partial charge in [0.15, 0.2) is 5.82 Å². The lowest BCUT2D eigenvalue weighted by Gasteiger charge is -2.50. The topological polar surface area (TPSA) is 75.2 Å². The summed E-state index contributed by atoms with van der Waals surface area (Å²) in [5.41, 5.74) is 0.0641. The summed E-state index contributed by atoms with van der Waals surface area (Å²) < 4.78 is 41.9. The third-order valence-electron chi connectivity index (χ3n) is 7.08. The summed E-state index contributed by atoms with van der Waals surface area (Å²) in [6.07, 6.45) is 0.920. The zero-order chi connectivity index (χ0) is 28.4. The Kier molecular flexibility index (Phi) is 6.57. The maximum atomic E-state index is 16.1. The number of methoxy groups -OCH3 is 1. The van der Waals surface area contributed by atoms with Crippen molar-refractivity contribution in [1.82, 2.24) is 9.88 Å². The first kappa shape index (κ1) is 26.9. The van der Waals surface area contributed by atoms with E-state index in [0.29, 0.717) is 16.8 Å². The number of benzene rings is 2. The maximum absolute atomic E-state index is 16.1. The zero-order valence-electron chi connectivity index (χ0n) is 22.5. The Morgan fingerprint density at radius 1 is 1.18 bits per heavy atom. The number of pyridine rings is 1. The normalized spacial score (nSPS) is 19.2. The number of piperazine rings is 1. The van der Waals surface area contributed by atoms with Gasteiger partial charge in [-0.1, -0.05) is 17.7 Å². The fourth-order valence-electron chi connectivity index (χ4n) is 5.28. The van der Waals surface area contributed by atoms with Crippen molar-refractivity contribution < 1.29 is 27.8 Å². The Balaban J connectivity index is 1.66. The number of likely N-dealkylation sites (N-methyl/N-ethyl adjacent to an activating group) is 1. The Morgan fingerprint density at radius 3 is 2.56 bits per heavy atom. The molecule has 0 N–H and O–H groups in total.